The molecule has 0 aliphatic heterocycles. The lowest BCUT2D eigenvalue weighted by atomic mass is 10.0. The average Bonchev–Trinajstić information content (AvgIpc) is 2.65. The fraction of sp³-hybridized carbons (Fsp3) is 0.571. The molecule has 6 nitrogen and oxygen atoms in total. The molecule has 0 fully saturated rings. The maximum atomic E-state index is 12.9. The molecule has 28 heavy (non-hydrogen) atoms. The summed E-state index contributed by atoms with van der Waals surface area (Å²) in [6, 6.07) is 4.63. The monoisotopic (exact) mass is 395 g/mol. The van der Waals surface area contributed by atoms with Gasteiger partial charge in [0.15, 0.2) is 11.4 Å². The number of amides is 1. The molecule has 0 saturated carbocycles. The Hall–Kier alpha value is -2.28. The quantitative estimate of drug-likeness (QED) is 0.433. The molecule has 1 rings (SSSR count). The summed E-state index contributed by atoms with van der Waals surface area (Å²) in [4.78, 5) is 35.5. The molecule has 1 N–H and O–H groups in total. The molecule has 1 unspecified atom stereocenters. The molecule has 0 bridgehead atoms. The number of methoxy groups -OCH3 is 1. The first-order valence-corrected chi connectivity index (χ1v) is 9.46. The van der Waals surface area contributed by atoms with Crippen LogP contribution in [-0.2, 0) is 19.1 Å². The van der Waals surface area contributed by atoms with Crippen molar-refractivity contribution < 1.29 is 28.2 Å². The molecule has 7 heteroatoms. The molecule has 0 heterocycles. The number of esters is 1. The first-order valence-electron chi connectivity index (χ1n) is 9.46. The smallest absolute Gasteiger partial charge is 0.337 e. The summed E-state index contributed by atoms with van der Waals surface area (Å²) in [7, 11) is 1.33. The van der Waals surface area contributed by atoms with Crippen molar-refractivity contribution in [2.24, 2.45) is 0 Å². The van der Waals surface area contributed by atoms with Gasteiger partial charge in [-0.15, -0.1) is 0 Å². The summed E-state index contributed by atoms with van der Waals surface area (Å²) < 4.78 is 23.2. The Bertz CT molecular complexity index is 657. The molecule has 0 aliphatic carbocycles. The van der Waals surface area contributed by atoms with Gasteiger partial charge in [-0.25, -0.2) is 9.18 Å². The van der Waals surface area contributed by atoms with Crippen LogP contribution in [0.3, 0.4) is 0 Å². The SMILES string of the molecule is COC(=O)C(C)(C)OCCCCCCC(NC(=O)c1ccc(F)cc1)C(C)=O. The molecule has 0 spiro atoms. The Labute approximate surface area is 165 Å². The zero-order valence-electron chi connectivity index (χ0n) is 17.0. The minimum atomic E-state index is -0.959. The molecule has 0 saturated heterocycles. The van der Waals surface area contributed by atoms with Crippen LogP contribution in [0.2, 0.25) is 0 Å². The number of rotatable bonds is 12. The zero-order chi connectivity index (χ0) is 21.2. The van der Waals surface area contributed by atoms with Crippen molar-refractivity contribution in [2.75, 3.05) is 13.7 Å². The van der Waals surface area contributed by atoms with Gasteiger partial charge in [0.1, 0.15) is 5.82 Å². The third kappa shape index (κ3) is 8.17. The van der Waals surface area contributed by atoms with Crippen molar-refractivity contribution in [3.63, 3.8) is 0 Å². The summed E-state index contributed by atoms with van der Waals surface area (Å²) in [5.41, 5.74) is -0.642. The van der Waals surface area contributed by atoms with Crippen LogP contribution in [0, 0.1) is 5.82 Å². The maximum Gasteiger partial charge on any atom is 0.337 e. The molecule has 1 aromatic carbocycles. The van der Waals surface area contributed by atoms with Gasteiger partial charge in [-0.05, 0) is 57.9 Å². The van der Waals surface area contributed by atoms with Crippen LogP contribution in [-0.4, -0.2) is 43.0 Å². The van der Waals surface area contributed by atoms with E-state index in [2.05, 4.69) is 10.1 Å². The van der Waals surface area contributed by atoms with Crippen LogP contribution < -0.4 is 5.32 Å². The number of unbranched alkanes of at least 4 members (excludes halogenated alkanes) is 3. The summed E-state index contributed by atoms with van der Waals surface area (Å²) in [5.74, 6) is -1.33. The first-order chi connectivity index (χ1) is 13.2. The van der Waals surface area contributed by atoms with Crippen LogP contribution in [0.5, 0.6) is 0 Å². The molecule has 156 valence electrons. The Balaban J connectivity index is 2.30. The van der Waals surface area contributed by atoms with Crippen LogP contribution in [0.1, 0.15) is 63.2 Å². The third-order valence-electron chi connectivity index (χ3n) is 4.43. The average molecular weight is 395 g/mol. The van der Waals surface area contributed by atoms with E-state index in [-0.39, 0.29) is 5.78 Å². The van der Waals surface area contributed by atoms with Gasteiger partial charge >= 0.3 is 5.97 Å². The number of hydrogen-bond donors (Lipinski definition) is 1. The predicted octanol–water partition coefficient (Wildman–Crippen LogP) is 3.43. The summed E-state index contributed by atoms with van der Waals surface area (Å²) in [6.07, 6.45) is 3.85. The molecular formula is C21H30FNO5. The van der Waals surface area contributed by atoms with E-state index in [0.717, 1.165) is 25.7 Å². The van der Waals surface area contributed by atoms with Gasteiger partial charge in [-0.3, -0.25) is 9.59 Å². The second kappa shape index (κ2) is 11.5. The number of nitrogens with one attached hydrogen (secondary N) is 1. The summed E-state index contributed by atoms with van der Waals surface area (Å²) in [6.45, 7) is 5.22. The minimum Gasteiger partial charge on any atom is -0.467 e. The third-order valence-corrected chi connectivity index (χ3v) is 4.43. The second-order valence-electron chi connectivity index (χ2n) is 7.20. The lowest BCUT2D eigenvalue weighted by molar-refractivity contribution is -0.165. The highest BCUT2D eigenvalue weighted by molar-refractivity contribution is 5.97. The highest BCUT2D eigenvalue weighted by atomic mass is 19.1. The fourth-order valence-electron chi connectivity index (χ4n) is 2.66. The number of carbonyl (C=O) groups is 3. The maximum absolute atomic E-state index is 12.9. The van der Waals surface area contributed by atoms with Crippen LogP contribution >= 0.6 is 0 Å². The van der Waals surface area contributed by atoms with E-state index < -0.39 is 29.3 Å². The van der Waals surface area contributed by atoms with Crippen molar-refractivity contribution in [3.05, 3.63) is 35.6 Å². The van der Waals surface area contributed by atoms with Crippen molar-refractivity contribution in [2.45, 2.75) is 64.5 Å². The number of Topliss-reactive ketones (excluding diaryl/α,β-unsaturated/α-hetero) is 1. The Morgan fingerprint density at radius 2 is 1.68 bits per heavy atom. The van der Waals surface area contributed by atoms with E-state index in [0.29, 0.717) is 18.6 Å². The van der Waals surface area contributed by atoms with Gasteiger partial charge in [0, 0.05) is 12.2 Å². The summed E-state index contributed by atoms with van der Waals surface area (Å²) >= 11 is 0. The zero-order valence-corrected chi connectivity index (χ0v) is 17.0. The van der Waals surface area contributed by atoms with Crippen molar-refractivity contribution in [1.82, 2.24) is 5.32 Å². The molecule has 0 radical (unpaired) electrons. The lowest BCUT2D eigenvalue weighted by Crippen LogP contribution is -2.39. The van der Waals surface area contributed by atoms with Gasteiger partial charge < -0.3 is 14.8 Å². The van der Waals surface area contributed by atoms with E-state index in [4.69, 9.17) is 4.74 Å². The Morgan fingerprint density at radius 1 is 1.07 bits per heavy atom. The Morgan fingerprint density at radius 3 is 2.25 bits per heavy atom. The number of ketones is 1. The predicted molar refractivity (Wildman–Crippen MR) is 103 cm³/mol. The highest BCUT2D eigenvalue weighted by Crippen LogP contribution is 2.14. The van der Waals surface area contributed by atoms with E-state index >= 15 is 0 Å². The summed E-state index contributed by atoms with van der Waals surface area (Å²) in [5, 5.41) is 2.71. The number of halogens is 1. The fourth-order valence-corrected chi connectivity index (χ4v) is 2.66. The molecule has 1 atom stereocenters. The molecule has 1 amide bonds. The van der Waals surface area contributed by atoms with Gasteiger partial charge in [-0.1, -0.05) is 19.3 Å². The molecule has 0 aliphatic rings. The van der Waals surface area contributed by atoms with E-state index in [1.807, 2.05) is 0 Å². The normalized spacial score (nSPS) is 12.3. The molecule has 1 aromatic rings. The van der Waals surface area contributed by atoms with Crippen molar-refractivity contribution >= 4 is 17.7 Å². The molecular weight excluding hydrogens is 365 g/mol. The van der Waals surface area contributed by atoms with Crippen molar-refractivity contribution in [1.29, 1.82) is 0 Å². The molecule has 0 aromatic heterocycles. The van der Waals surface area contributed by atoms with Crippen LogP contribution in [0.25, 0.3) is 0 Å². The van der Waals surface area contributed by atoms with Crippen LogP contribution in [0.15, 0.2) is 24.3 Å². The largest absolute Gasteiger partial charge is 0.467 e. The van der Waals surface area contributed by atoms with E-state index in [1.165, 1.54) is 38.3 Å². The highest BCUT2D eigenvalue weighted by Gasteiger charge is 2.29. The van der Waals surface area contributed by atoms with Gasteiger partial charge in [0.25, 0.3) is 5.91 Å². The topological polar surface area (TPSA) is 81.7 Å². The second-order valence-corrected chi connectivity index (χ2v) is 7.20. The van der Waals surface area contributed by atoms with Gasteiger partial charge in [0.05, 0.1) is 13.2 Å². The van der Waals surface area contributed by atoms with Crippen molar-refractivity contribution in [3.8, 4) is 0 Å². The number of hydrogen-bond acceptors (Lipinski definition) is 5. The first kappa shape index (κ1) is 23.8. The van der Waals surface area contributed by atoms with Crippen LogP contribution in [0.4, 0.5) is 4.39 Å². The minimum absolute atomic E-state index is 0.112. The van der Waals surface area contributed by atoms with E-state index in [9.17, 15) is 18.8 Å². The Kier molecular flexibility index (Phi) is 9.79. The van der Waals surface area contributed by atoms with Gasteiger partial charge in [0.2, 0.25) is 0 Å². The number of carbonyl (C=O) groups excluding carboxylic acids is 3. The number of ether oxygens (including phenoxy) is 2. The van der Waals surface area contributed by atoms with E-state index in [1.54, 1.807) is 13.8 Å². The lowest BCUT2D eigenvalue weighted by Gasteiger charge is -2.22. The standard InChI is InChI=1S/C21H30FNO5/c1-15(24)18(23-19(25)16-10-12-17(22)13-11-16)9-7-5-6-8-14-28-21(2,3)20(26)27-4/h10-13,18H,5-9,14H2,1-4H3,(H,23,25). The number of benzene rings is 1. The van der Waals surface area contributed by atoms with Gasteiger partial charge in [-0.2, -0.15) is 0 Å².